The number of hydrogen-bond donors (Lipinski definition) is 2. The molecule has 3 fully saturated rings. The molecule has 3 N–H and O–H groups in total. The lowest BCUT2D eigenvalue weighted by molar-refractivity contribution is 0.0727. The molecule has 75 heavy (non-hydrogen) atoms. The minimum Gasteiger partial charge on any atom is -0.493 e. The SMILES string of the molecule is CN1CCCC1CCN.CN1CCCC1CCNCc1ccc2c(c1)OCCO2.COc1cc(C(=O)N(CCC2CCCN2C)Cc2ccc3c(c2)OCCO3)cc(OC)c1OC.O=Cc1ccc2c(c1)OCCO2. The summed E-state index contributed by atoms with van der Waals surface area (Å²) in [4.78, 5) is 33.3. The van der Waals surface area contributed by atoms with Crippen LogP contribution in [0, 0.1) is 0 Å². The van der Waals surface area contributed by atoms with Gasteiger partial charge in [0.25, 0.3) is 5.91 Å². The molecule has 1 amide bonds. The first-order valence-electron chi connectivity index (χ1n) is 26.8. The zero-order valence-electron chi connectivity index (χ0n) is 45.3. The molecule has 4 aromatic rings. The number of carbonyl (C=O) groups is 2. The second-order valence-electron chi connectivity index (χ2n) is 19.8. The molecule has 0 spiro atoms. The van der Waals surface area contributed by atoms with E-state index < -0.39 is 0 Å². The predicted molar refractivity (Wildman–Crippen MR) is 290 cm³/mol. The lowest BCUT2D eigenvalue weighted by Crippen LogP contribution is -2.35. The lowest BCUT2D eigenvalue weighted by Gasteiger charge is -2.28. The molecule has 3 saturated heterocycles. The zero-order chi connectivity index (χ0) is 52.9. The summed E-state index contributed by atoms with van der Waals surface area (Å²) in [5, 5.41) is 3.53. The first-order chi connectivity index (χ1) is 36.6. The van der Waals surface area contributed by atoms with Gasteiger partial charge in [-0.1, -0.05) is 12.1 Å². The minimum absolute atomic E-state index is 0.0882. The second kappa shape index (κ2) is 29.4. The number of amides is 1. The van der Waals surface area contributed by atoms with Crippen molar-refractivity contribution in [2.75, 3.05) is 121 Å². The maximum atomic E-state index is 13.8. The number of methoxy groups -OCH3 is 3. The average molecular weight is 1040 g/mol. The fourth-order valence-corrected chi connectivity index (χ4v) is 10.4. The van der Waals surface area contributed by atoms with Gasteiger partial charge in [-0.2, -0.15) is 0 Å². The van der Waals surface area contributed by atoms with Crippen molar-refractivity contribution < 1.29 is 52.2 Å². The number of nitrogens with one attached hydrogen (secondary N) is 1. The Morgan fingerprint density at radius 2 is 1.08 bits per heavy atom. The number of fused-ring (bicyclic) bond motifs is 3. The van der Waals surface area contributed by atoms with E-state index in [4.69, 9.17) is 48.4 Å². The lowest BCUT2D eigenvalue weighted by atomic mass is 10.1. The quantitative estimate of drug-likeness (QED) is 0.0796. The standard InChI is InChI=1S/C26H34N2O6.C16H24N2O2.C9H8O3.C7H16N2/c1-27-10-5-6-20(27)9-11-28(17-18-7-8-21-22(14-18)34-13-12-33-21)26(29)19-15-23(30-2)25(32-4)24(16-19)31-3;1-18-8-2-3-14(18)6-7-17-12-13-4-5-15-16(11-13)20-10-9-19-15;10-6-7-1-2-8-9(5-7)12-4-3-11-8;1-9-6-2-3-7(9)4-5-8/h7-8,14-16,20H,5-6,9-13,17H2,1-4H3;4-5,11,14,17H,2-3,6-10,12H2,1H3;1-2,5-6H,3-4H2;7H,2-6,8H2,1H3. The molecule has 3 unspecified atom stereocenters. The van der Waals surface area contributed by atoms with Gasteiger partial charge in [0.15, 0.2) is 46.0 Å². The van der Waals surface area contributed by atoms with Crippen LogP contribution in [0.25, 0.3) is 0 Å². The predicted octanol–water partition coefficient (Wildman–Crippen LogP) is 7.34. The Labute approximate surface area is 444 Å². The van der Waals surface area contributed by atoms with Crippen molar-refractivity contribution in [3.8, 4) is 51.7 Å². The number of hydrogen-bond acceptors (Lipinski definition) is 16. The molecule has 0 radical (unpaired) electrons. The molecule has 6 aliphatic heterocycles. The van der Waals surface area contributed by atoms with E-state index in [1.165, 1.54) is 63.6 Å². The number of rotatable bonds is 17. The third-order valence-electron chi connectivity index (χ3n) is 14.7. The van der Waals surface area contributed by atoms with E-state index in [2.05, 4.69) is 53.3 Å². The average Bonchev–Trinajstić information content (AvgIpc) is 4.20. The molecule has 410 valence electrons. The Morgan fingerprint density at radius 3 is 1.56 bits per heavy atom. The van der Waals surface area contributed by atoms with Crippen LogP contribution in [0.2, 0.25) is 0 Å². The molecule has 0 saturated carbocycles. The fraction of sp³-hybridized carbons (Fsp3) is 0.552. The molecule has 10 rings (SSSR count). The number of nitrogens with two attached hydrogens (primary N) is 1. The van der Waals surface area contributed by atoms with Gasteiger partial charge in [0, 0.05) is 48.9 Å². The summed E-state index contributed by atoms with van der Waals surface area (Å²) >= 11 is 0. The van der Waals surface area contributed by atoms with Gasteiger partial charge >= 0.3 is 0 Å². The Kier molecular flexibility index (Phi) is 22.2. The highest BCUT2D eigenvalue weighted by Crippen LogP contribution is 2.39. The van der Waals surface area contributed by atoms with Crippen LogP contribution in [0.4, 0.5) is 0 Å². The van der Waals surface area contributed by atoms with Gasteiger partial charge in [-0.25, -0.2) is 0 Å². The van der Waals surface area contributed by atoms with Gasteiger partial charge < -0.3 is 73.3 Å². The van der Waals surface area contributed by atoms with Crippen LogP contribution in [-0.4, -0.2) is 171 Å². The topological polar surface area (TPSA) is 168 Å². The van der Waals surface area contributed by atoms with E-state index in [-0.39, 0.29) is 5.91 Å². The van der Waals surface area contributed by atoms with Crippen molar-refractivity contribution in [2.24, 2.45) is 5.73 Å². The van der Waals surface area contributed by atoms with Crippen LogP contribution >= 0.6 is 0 Å². The third kappa shape index (κ3) is 16.3. The molecule has 0 aliphatic carbocycles. The molecule has 17 heteroatoms. The van der Waals surface area contributed by atoms with Crippen LogP contribution in [0.1, 0.15) is 89.6 Å². The molecule has 0 bridgehead atoms. The van der Waals surface area contributed by atoms with E-state index in [0.717, 1.165) is 86.0 Å². The van der Waals surface area contributed by atoms with Crippen molar-refractivity contribution in [1.29, 1.82) is 0 Å². The maximum Gasteiger partial charge on any atom is 0.254 e. The normalized spacial score (nSPS) is 19.5. The van der Waals surface area contributed by atoms with Crippen molar-refractivity contribution in [3.05, 3.63) is 89.0 Å². The summed E-state index contributed by atoms with van der Waals surface area (Å²) in [7, 11) is 11.2. The molecule has 6 heterocycles. The van der Waals surface area contributed by atoms with Gasteiger partial charge in [0.1, 0.15) is 45.9 Å². The van der Waals surface area contributed by atoms with Crippen molar-refractivity contribution in [3.63, 3.8) is 0 Å². The fourth-order valence-electron chi connectivity index (χ4n) is 10.4. The highest BCUT2D eigenvalue weighted by atomic mass is 16.6. The molecule has 4 aromatic carbocycles. The van der Waals surface area contributed by atoms with Gasteiger partial charge in [-0.05, 0) is 177 Å². The number of nitrogens with zero attached hydrogens (tertiary/aromatic N) is 4. The number of aldehydes is 1. The third-order valence-corrected chi connectivity index (χ3v) is 14.7. The van der Waals surface area contributed by atoms with Crippen molar-refractivity contribution >= 4 is 12.2 Å². The van der Waals surface area contributed by atoms with Crippen molar-refractivity contribution in [2.45, 2.75) is 89.0 Å². The van der Waals surface area contributed by atoms with E-state index in [0.29, 0.717) is 98.6 Å². The monoisotopic (exact) mass is 1040 g/mol. The first-order valence-corrected chi connectivity index (χ1v) is 26.8. The second-order valence-corrected chi connectivity index (χ2v) is 19.8. The smallest absolute Gasteiger partial charge is 0.254 e. The van der Waals surface area contributed by atoms with Gasteiger partial charge in [0.2, 0.25) is 5.75 Å². The zero-order valence-corrected chi connectivity index (χ0v) is 45.3. The van der Waals surface area contributed by atoms with Crippen LogP contribution in [-0.2, 0) is 13.1 Å². The molecule has 3 atom stereocenters. The first kappa shape index (κ1) is 56.7. The van der Waals surface area contributed by atoms with Gasteiger partial charge in [-0.15, -0.1) is 0 Å². The highest BCUT2D eigenvalue weighted by molar-refractivity contribution is 5.95. The molecule has 6 aliphatic rings. The summed E-state index contributed by atoms with van der Waals surface area (Å²) in [5.41, 5.74) is 8.80. The van der Waals surface area contributed by atoms with E-state index in [9.17, 15) is 9.59 Å². The van der Waals surface area contributed by atoms with Gasteiger partial charge in [0.05, 0.1) is 21.3 Å². The molecular formula is C58H82N6O11. The van der Waals surface area contributed by atoms with Gasteiger partial charge in [-0.3, -0.25) is 9.59 Å². The molecular weight excluding hydrogens is 957 g/mol. The van der Waals surface area contributed by atoms with Crippen LogP contribution in [0.3, 0.4) is 0 Å². The number of benzene rings is 4. The minimum atomic E-state index is -0.0882. The summed E-state index contributed by atoms with van der Waals surface area (Å²) in [6.45, 7) is 11.0. The number of likely N-dealkylation sites (tertiary alicyclic amines) is 3. The van der Waals surface area contributed by atoms with Crippen molar-refractivity contribution in [1.82, 2.24) is 24.9 Å². The number of ether oxygens (including phenoxy) is 9. The summed E-state index contributed by atoms with van der Waals surface area (Å²) in [5.74, 6) is 5.88. The Hall–Kier alpha value is -5.98. The molecule has 0 aromatic heterocycles. The van der Waals surface area contributed by atoms with E-state index in [1.54, 1.807) is 51.7 Å². The highest BCUT2D eigenvalue weighted by Gasteiger charge is 2.27. The Morgan fingerprint density at radius 1 is 0.613 bits per heavy atom. The molecule has 17 nitrogen and oxygen atoms in total. The summed E-state index contributed by atoms with van der Waals surface area (Å²) in [6, 6.07) is 22.7. The summed E-state index contributed by atoms with van der Waals surface area (Å²) < 4.78 is 49.5. The number of carbonyl (C=O) groups excluding carboxylic acids is 2. The largest absolute Gasteiger partial charge is 0.493 e. The Bertz CT molecular complexity index is 2400. The van der Waals surface area contributed by atoms with E-state index in [1.807, 2.05) is 29.2 Å². The maximum absolute atomic E-state index is 13.8. The van der Waals surface area contributed by atoms with Crippen LogP contribution in [0.15, 0.2) is 66.7 Å². The summed E-state index contributed by atoms with van der Waals surface area (Å²) in [6.07, 6.45) is 11.9. The Balaban J connectivity index is 0.000000167. The van der Waals surface area contributed by atoms with E-state index >= 15 is 0 Å². The van der Waals surface area contributed by atoms with Crippen LogP contribution < -0.4 is 53.7 Å². The van der Waals surface area contributed by atoms with Crippen LogP contribution in [0.5, 0.6) is 51.7 Å².